The third-order valence-electron chi connectivity index (χ3n) is 2.55. The molecule has 0 aliphatic heterocycles. The van der Waals surface area contributed by atoms with Crippen molar-refractivity contribution in [3.8, 4) is 0 Å². The van der Waals surface area contributed by atoms with Crippen LogP contribution in [-0.4, -0.2) is 23.9 Å². The lowest BCUT2D eigenvalue weighted by Gasteiger charge is -2.25. The summed E-state index contributed by atoms with van der Waals surface area (Å²) in [7, 11) is 1.77. The quantitative estimate of drug-likeness (QED) is 0.881. The molecule has 0 heterocycles. The number of carbonyl (C=O) groups is 1. The number of halogens is 1. The summed E-state index contributed by atoms with van der Waals surface area (Å²) in [6.45, 7) is 3.94. The van der Waals surface area contributed by atoms with Crippen molar-refractivity contribution in [2.45, 2.75) is 25.9 Å². The van der Waals surface area contributed by atoms with Crippen molar-refractivity contribution in [2.24, 2.45) is 5.73 Å². The highest BCUT2D eigenvalue weighted by Gasteiger charge is 2.20. The fourth-order valence-electron chi connectivity index (χ4n) is 1.28. The van der Waals surface area contributed by atoms with Crippen LogP contribution in [0.15, 0.2) is 30.3 Å². The lowest BCUT2D eigenvalue weighted by molar-refractivity contribution is -0.132. The molecule has 0 aliphatic rings. The Labute approximate surface area is 103 Å². The molecule has 0 aliphatic carbocycles. The number of carbonyl (C=O) groups excluding carboxylic acids is 1. The maximum Gasteiger partial charge on any atom is 0.244 e. The van der Waals surface area contributed by atoms with Gasteiger partial charge in [-0.2, -0.15) is 0 Å². The van der Waals surface area contributed by atoms with E-state index in [-0.39, 0.29) is 24.4 Å². The largest absolute Gasteiger partial charge is 0.342 e. The van der Waals surface area contributed by atoms with E-state index < -0.39 is 6.04 Å². The highest BCUT2D eigenvalue weighted by atomic mass is 35.5. The van der Waals surface area contributed by atoms with Crippen molar-refractivity contribution in [1.29, 1.82) is 0 Å². The molecule has 1 unspecified atom stereocenters. The Bertz CT molecular complexity index is 327. The third-order valence-corrected chi connectivity index (χ3v) is 2.55. The molecule has 0 bridgehead atoms. The van der Waals surface area contributed by atoms with E-state index in [0.29, 0.717) is 0 Å². The molecule has 90 valence electrons. The number of nitrogens with zero attached hydrogens (tertiary/aromatic N) is 1. The van der Waals surface area contributed by atoms with Crippen LogP contribution in [0, 0.1) is 0 Å². The van der Waals surface area contributed by atoms with Gasteiger partial charge >= 0.3 is 0 Å². The fraction of sp³-hybridized carbons (Fsp3) is 0.417. The Morgan fingerprint density at radius 3 is 2.19 bits per heavy atom. The summed E-state index contributed by atoms with van der Waals surface area (Å²) in [5, 5.41) is 0. The van der Waals surface area contributed by atoms with Crippen LogP contribution in [0.3, 0.4) is 0 Å². The molecule has 1 rings (SSSR count). The summed E-state index contributed by atoms with van der Waals surface area (Å²) in [4.78, 5) is 13.6. The van der Waals surface area contributed by atoms with Gasteiger partial charge in [-0.1, -0.05) is 30.3 Å². The van der Waals surface area contributed by atoms with E-state index in [1.165, 1.54) is 0 Å². The minimum absolute atomic E-state index is 0. The molecule has 1 aromatic carbocycles. The fourth-order valence-corrected chi connectivity index (χ4v) is 1.28. The first-order chi connectivity index (χ1) is 7.04. The van der Waals surface area contributed by atoms with Crippen LogP contribution in [-0.2, 0) is 4.79 Å². The minimum atomic E-state index is -0.557. The predicted octanol–water partition coefficient (Wildman–Crippen LogP) is 1.98. The van der Waals surface area contributed by atoms with Gasteiger partial charge in [-0.25, -0.2) is 0 Å². The van der Waals surface area contributed by atoms with Crippen molar-refractivity contribution >= 4 is 18.3 Å². The second-order valence-corrected chi connectivity index (χ2v) is 3.93. The average molecular weight is 243 g/mol. The lowest BCUT2D eigenvalue weighted by Crippen LogP contribution is -2.39. The molecule has 0 aromatic heterocycles. The second kappa shape index (κ2) is 6.51. The molecule has 4 heteroatoms. The maximum atomic E-state index is 11.9. The predicted molar refractivity (Wildman–Crippen MR) is 68.5 cm³/mol. The van der Waals surface area contributed by atoms with E-state index in [0.717, 1.165) is 5.56 Å². The number of hydrogen-bond donors (Lipinski definition) is 1. The number of hydrogen-bond acceptors (Lipinski definition) is 2. The van der Waals surface area contributed by atoms with Crippen LogP contribution in [0.1, 0.15) is 25.5 Å². The molecule has 1 aromatic rings. The summed E-state index contributed by atoms with van der Waals surface area (Å²) in [5.41, 5.74) is 6.74. The smallest absolute Gasteiger partial charge is 0.244 e. The van der Waals surface area contributed by atoms with Gasteiger partial charge in [-0.15, -0.1) is 12.4 Å². The Morgan fingerprint density at radius 1 is 1.25 bits per heavy atom. The summed E-state index contributed by atoms with van der Waals surface area (Å²) in [5.74, 6) is -0.0452. The average Bonchev–Trinajstić information content (AvgIpc) is 2.27. The molecule has 2 N–H and O–H groups in total. The van der Waals surface area contributed by atoms with E-state index in [1.54, 1.807) is 11.9 Å². The SMILES string of the molecule is CC(C)N(C)C(=O)C(N)c1ccccc1.Cl. The second-order valence-electron chi connectivity index (χ2n) is 3.93. The first-order valence-electron chi connectivity index (χ1n) is 5.11. The van der Waals surface area contributed by atoms with Crippen LogP contribution in [0.4, 0.5) is 0 Å². The van der Waals surface area contributed by atoms with Crippen LogP contribution in [0.5, 0.6) is 0 Å². The van der Waals surface area contributed by atoms with Gasteiger partial charge in [0.05, 0.1) is 0 Å². The first kappa shape index (κ1) is 14.9. The number of benzene rings is 1. The molecule has 1 atom stereocenters. The first-order valence-corrected chi connectivity index (χ1v) is 5.11. The van der Waals surface area contributed by atoms with Crippen molar-refractivity contribution in [3.63, 3.8) is 0 Å². The Morgan fingerprint density at radius 2 is 1.75 bits per heavy atom. The highest BCUT2D eigenvalue weighted by Crippen LogP contribution is 2.13. The zero-order valence-corrected chi connectivity index (χ0v) is 10.7. The molecular formula is C12H19ClN2O. The van der Waals surface area contributed by atoms with Crippen molar-refractivity contribution in [1.82, 2.24) is 4.90 Å². The Kier molecular flexibility index (Phi) is 6.08. The normalized spacial score (nSPS) is 11.8. The van der Waals surface area contributed by atoms with Crippen molar-refractivity contribution < 1.29 is 4.79 Å². The summed E-state index contributed by atoms with van der Waals surface area (Å²) < 4.78 is 0. The zero-order chi connectivity index (χ0) is 11.4. The monoisotopic (exact) mass is 242 g/mol. The standard InChI is InChI=1S/C12H18N2O.ClH/c1-9(2)14(3)12(15)11(13)10-7-5-4-6-8-10;/h4-9,11H,13H2,1-3H3;1H. The summed E-state index contributed by atoms with van der Waals surface area (Å²) in [6.07, 6.45) is 0. The van der Waals surface area contributed by atoms with E-state index in [1.807, 2.05) is 44.2 Å². The van der Waals surface area contributed by atoms with Crippen molar-refractivity contribution in [2.75, 3.05) is 7.05 Å². The molecule has 0 spiro atoms. The van der Waals surface area contributed by atoms with E-state index in [4.69, 9.17) is 5.73 Å². The summed E-state index contributed by atoms with van der Waals surface area (Å²) in [6, 6.07) is 9.04. The van der Waals surface area contributed by atoms with Gasteiger partial charge in [-0.3, -0.25) is 4.79 Å². The van der Waals surface area contributed by atoms with Gasteiger partial charge in [0, 0.05) is 13.1 Å². The molecule has 16 heavy (non-hydrogen) atoms. The number of nitrogens with two attached hydrogens (primary N) is 1. The Hall–Kier alpha value is -1.06. The summed E-state index contributed by atoms with van der Waals surface area (Å²) >= 11 is 0. The van der Waals surface area contributed by atoms with Crippen molar-refractivity contribution in [3.05, 3.63) is 35.9 Å². The van der Waals surface area contributed by atoms with Gasteiger partial charge < -0.3 is 10.6 Å². The van der Waals surface area contributed by atoms with Gasteiger partial charge in [0.1, 0.15) is 6.04 Å². The number of amides is 1. The Balaban J connectivity index is 0.00000225. The molecule has 0 saturated heterocycles. The molecular weight excluding hydrogens is 224 g/mol. The number of likely N-dealkylation sites (N-methyl/N-ethyl adjacent to an activating group) is 1. The maximum absolute atomic E-state index is 11.9. The van der Waals surface area contributed by atoms with Crippen LogP contribution < -0.4 is 5.73 Å². The lowest BCUT2D eigenvalue weighted by atomic mass is 10.1. The van der Waals surface area contributed by atoms with Crippen LogP contribution >= 0.6 is 12.4 Å². The van der Waals surface area contributed by atoms with Gasteiger partial charge in [-0.05, 0) is 19.4 Å². The van der Waals surface area contributed by atoms with E-state index in [9.17, 15) is 4.79 Å². The number of rotatable bonds is 3. The molecule has 1 amide bonds. The van der Waals surface area contributed by atoms with Gasteiger partial charge in [0.15, 0.2) is 0 Å². The zero-order valence-electron chi connectivity index (χ0n) is 9.88. The van der Waals surface area contributed by atoms with Crippen LogP contribution in [0.2, 0.25) is 0 Å². The molecule has 0 saturated carbocycles. The molecule has 0 fully saturated rings. The molecule has 3 nitrogen and oxygen atoms in total. The highest BCUT2D eigenvalue weighted by molar-refractivity contribution is 5.85. The van der Waals surface area contributed by atoms with E-state index >= 15 is 0 Å². The minimum Gasteiger partial charge on any atom is -0.342 e. The topological polar surface area (TPSA) is 46.3 Å². The van der Waals surface area contributed by atoms with E-state index in [2.05, 4.69) is 0 Å². The third kappa shape index (κ3) is 3.51. The van der Waals surface area contributed by atoms with Gasteiger partial charge in [0.2, 0.25) is 5.91 Å². The van der Waals surface area contributed by atoms with Crippen LogP contribution in [0.25, 0.3) is 0 Å². The molecule has 0 radical (unpaired) electrons. The van der Waals surface area contributed by atoms with Gasteiger partial charge in [0.25, 0.3) is 0 Å².